The van der Waals surface area contributed by atoms with Gasteiger partial charge in [-0.05, 0) is 56.2 Å². The Balaban J connectivity index is 1.88. The average Bonchev–Trinajstić information content (AvgIpc) is 2.69. The van der Waals surface area contributed by atoms with Crippen LogP contribution in [0.4, 0.5) is 5.69 Å². The molecule has 8 nitrogen and oxygen atoms in total. The zero-order chi connectivity index (χ0) is 22.1. The van der Waals surface area contributed by atoms with E-state index in [1.807, 2.05) is 6.92 Å². The van der Waals surface area contributed by atoms with Gasteiger partial charge in [0.05, 0.1) is 6.21 Å². The first-order valence-corrected chi connectivity index (χ1v) is 9.55. The van der Waals surface area contributed by atoms with Crippen molar-refractivity contribution in [2.24, 2.45) is 5.10 Å². The summed E-state index contributed by atoms with van der Waals surface area (Å²) in [4.78, 5) is 35.2. The van der Waals surface area contributed by atoms with E-state index in [1.165, 1.54) is 6.21 Å². The molecule has 3 N–H and O–H groups in total. The van der Waals surface area contributed by atoms with Crippen LogP contribution in [-0.4, -0.2) is 36.6 Å². The monoisotopic (exact) mass is 430 g/mol. The maximum atomic E-state index is 12.1. The Morgan fingerprint density at radius 3 is 2.60 bits per heavy atom. The fraction of sp³-hybridized carbons (Fsp3) is 0.238. The van der Waals surface area contributed by atoms with Gasteiger partial charge in [-0.3, -0.25) is 14.4 Å². The first-order valence-electron chi connectivity index (χ1n) is 9.18. The standard InChI is InChI=1S/C21H23ClN4O4/c1-13(2)24-20(28)21(29)26-23-11-15-6-4-7-16(10-15)30-12-19(27)25-18-9-5-8-17(22)14(18)3/h4-11,13H,12H2,1-3H3,(H,24,28)(H,25,27)(H,26,29)/b23-11-. The van der Waals surface area contributed by atoms with Crippen LogP contribution in [0.5, 0.6) is 5.75 Å². The number of hydrogen-bond acceptors (Lipinski definition) is 5. The Bertz CT molecular complexity index is 960. The quantitative estimate of drug-likeness (QED) is 0.356. The zero-order valence-corrected chi connectivity index (χ0v) is 17.6. The summed E-state index contributed by atoms with van der Waals surface area (Å²) in [6.45, 7) is 5.11. The Kier molecular flexibility index (Phi) is 8.37. The van der Waals surface area contributed by atoms with E-state index in [4.69, 9.17) is 16.3 Å². The van der Waals surface area contributed by atoms with Crippen LogP contribution in [0.3, 0.4) is 0 Å². The fourth-order valence-corrected chi connectivity index (χ4v) is 2.48. The third-order valence-electron chi connectivity index (χ3n) is 3.78. The van der Waals surface area contributed by atoms with Crippen molar-refractivity contribution in [3.8, 4) is 5.75 Å². The van der Waals surface area contributed by atoms with E-state index in [0.29, 0.717) is 22.0 Å². The molecule has 2 aromatic rings. The summed E-state index contributed by atoms with van der Waals surface area (Å²) in [5, 5.41) is 9.52. The van der Waals surface area contributed by atoms with Gasteiger partial charge in [-0.1, -0.05) is 29.8 Å². The average molecular weight is 431 g/mol. The first kappa shape index (κ1) is 22.9. The number of ether oxygens (including phenoxy) is 1. The lowest BCUT2D eigenvalue weighted by Gasteiger charge is -2.10. The molecule has 0 bridgehead atoms. The summed E-state index contributed by atoms with van der Waals surface area (Å²) in [5.41, 5.74) is 4.15. The molecule has 0 aliphatic heterocycles. The van der Waals surface area contributed by atoms with Crippen molar-refractivity contribution in [1.82, 2.24) is 10.7 Å². The van der Waals surface area contributed by atoms with Crippen molar-refractivity contribution in [2.75, 3.05) is 11.9 Å². The molecule has 0 fully saturated rings. The number of halogens is 1. The van der Waals surface area contributed by atoms with Crippen LogP contribution < -0.4 is 20.8 Å². The molecule has 0 heterocycles. The molecular formula is C21H23ClN4O4. The van der Waals surface area contributed by atoms with E-state index in [2.05, 4.69) is 21.2 Å². The highest BCUT2D eigenvalue weighted by atomic mass is 35.5. The van der Waals surface area contributed by atoms with Crippen molar-refractivity contribution >= 4 is 41.2 Å². The number of nitrogens with one attached hydrogen (secondary N) is 3. The predicted octanol–water partition coefficient (Wildman–Crippen LogP) is 2.64. The molecule has 2 rings (SSSR count). The van der Waals surface area contributed by atoms with Crippen molar-refractivity contribution in [2.45, 2.75) is 26.8 Å². The number of nitrogens with zero attached hydrogens (tertiary/aromatic N) is 1. The number of hydrazone groups is 1. The van der Waals surface area contributed by atoms with E-state index in [0.717, 1.165) is 5.56 Å². The van der Waals surface area contributed by atoms with Crippen molar-refractivity contribution in [3.63, 3.8) is 0 Å². The molecule has 2 aromatic carbocycles. The number of hydrogen-bond donors (Lipinski definition) is 3. The summed E-state index contributed by atoms with van der Waals surface area (Å²) in [6.07, 6.45) is 1.36. The van der Waals surface area contributed by atoms with Gasteiger partial charge >= 0.3 is 11.8 Å². The highest BCUT2D eigenvalue weighted by Gasteiger charge is 2.13. The number of carbonyl (C=O) groups is 3. The van der Waals surface area contributed by atoms with Crippen LogP contribution in [0.15, 0.2) is 47.6 Å². The minimum Gasteiger partial charge on any atom is -0.484 e. The largest absolute Gasteiger partial charge is 0.484 e. The number of anilines is 1. The molecule has 0 aliphatic carbocycles. The van der Waals surface area contributed by atoms with Crippen LogP contribution in [0, 0.1) is 6.92 Å². The number of benzene rings is 2. The molecule has 0 saturated heterocycles. The minimum atomic E-state index is -0.861. The Labute approximate surface area is 179 Å². The number of rotatable bonds is 7. The molecule has 0 atom stereocenters. The Morgan fingerprint density at radius 2 is 1.87 bits per heavy atom. The molecule has 9 heteroatoms. The highest BCUT2D eigenvalue weighted by Crippen LogP contribution is 2.22. The molecule has 30 heavy (non-hydrogen) atoms. The van der Waals surface area contributed by atoms with Crippen LogP contribution in [-0.2, 0) is 14.4 Å². The van der Waals surface area contributed by atoms with E-state index in [-0.39, 0.29) is 18.6 Å². The molecule has 0 spiro atoms. The van der Waals surface area contributed by atoms with E-state index < -0.39 is 11.8 Å². The highest BCUT2D eigenvalue weighted by molar-refractivity contribution is 6.35. The smallest absolute Gasteiger partial charge is 0.329 e. The van der Waals surface area contributed by atoms with Crippen LogP contribution in [0.25, 0.3) is 0 Å². The Hall–Kier alpha value is -3.39. The normalized spacial score (nSPS) is 10.7. The lowest BCUT2D eigenvalue weighted by atomic mass is 10.2. The molecular weight excluding hydrogens is 408 g/mol. The molecule has 0 aliphatic rings. The van der Waals surface area contributed by atoms with E-state index in [9.17, 15) is 14.4 Å². The maximum absolute atomic E-state index is 12.1. The molecule has 3 amide bonds. The lowest BCUT2D eigenvalue weighted by molar-refractivity contribution is -0.139. The summed E-state index contributed by atoms with van der Waals surface area (Å²) < 4.78 is 5.50. The van der Waals surface area contributed by atoms with Crippen molar-refractivity contribution in [1.29, 1.82) is 0 Å². The van der Waals surface area contributed by atoms with Gasteiger partial charge in [0.1, 0.15) is 5.75 Å². The number of carbonyl (C=O) groups excluding carboxylic acids is 3. The van der Waals surface area contributed by atoms with Gasteiger partial charge in [-0.2, -0.15) is 5.10 Å². The van der Waals surface area contributed by atoms with Gasteiger partial charge in [0, 0.05) is 16.8 Å². The second kappa shape index (κ2) is 11.0. The molecule has 0 unspecified atom stereocenters. The summed E-state index contributed by atoms with van der Waals surface area (Å²) in [6, 6.07) is 11.9. The van der Waals surface area contributed by atoms with Gasteiger partial charge in [0.15, 0.2) is 6.61 Å². The SMILES string of the molecule is Cc1c(Cl)cccc1NC(=O)COc1cccc(/C=N\NC(=O)C(=O)NC(C)C)c1. The van der Waals surface area contributed by atoms with Gasteiger partial charge in [0.25, 0.3) is 5.91 Å². The van der Waals surface area contributed by atoms with Crippen molar-refractivity contribution < 1.29 is 19.1 Å². The topological polar surface area (TPSA) is 109 Å². The molecule has 0 saturated carbocycles. The fourth-order valence-electron chi connectivity index (χ4n) is 2.31. The van der Waals surface area contributed by atoms with E-state index in [1.54, 1.807) is 56.3 Å². The zero-order valence-electron chi connectivity index (χ0n) is 16.9. The van der Waals surface area contributed by atoms with Crippen LogP contribution >= 0.6 is 11.6 Å². The summed E-state index contributed by atoms with van der Waals surface area (Å²) in [5.74, 6) is -1.51. The molecule has 0 radical (unpaired) electrons. The second-order valence-corrected chi connectivity index (χ2v) is 7.06. The number of amides is 3. The van der Waals surface area contributed by atoms with Crippen LogP contribution in [0.2, 0.25) is 5.02 Å². The van der Waals surface area contributed by atoms with Crippen molar-refractivity contribution in [3.05, 3.63) is 58.6 Å². The summed E-state index contributed by atoms with van der Waals surface area (Å²) >= 11 is 6.04. The van der Waals surface area contributed by atoms with E-state index >= 15 is 0 Å². The van der Waals surface area contributed by atoms with Gasteiger partial charge < -0.3 is 15.4 Å². The lowest BCUT2D eigenvalue weighted by Crippen LogP contribution is -2.41. The van der Waals surface area contributed by atoms with Crippen LogP contribution in [0.1, 0.15) is 25.0 Å². The van der Waals surface area contributed by atoms with Gasteiger partial charge in [-0.15, -0.1) is 0 Å². The predicted molar refractivity (Wildman–Crippen MR) is 116 cm³/mol. The third-order valence-corrected chi connectivity index (χ3v) is 4.18. The molecule has 158 valence electrons. The maximum Gasteiger partial charge on any atom is 0.329 e. The van der Waals surface area contributed by atoms with Gasteiger partial charge in [0.2, 0.25) is 0 Å². The minimum absolute atomic E-state index is 0.152. The Morgan fingerprint density at radius 1 is 1.13 bits per heavy atom. The summed E-state index contributed by atoms with van der Waals surface area (Å²) in [7, 11) is 0. The first-order chi connectivity index (χ1) is 14.3. The second-order valence-electron chi connectivity index (χ2n) is 6.65. The molecule has 0 aromatic heterocycles. The third kappa shape index (κ3) is 7.21. The van der Waals surface area contributed by atoms with Gasteiger partial charge in [-0.25, -0.2) is 5.43 Å².